The molecule has 0 fully saturated rings. The molecular weight excluding hydrogens is 359 g/mol. The maximum absolute atomic E-state index is 13.9. The number of nitrogens with one attached hydrogen (secondary N) is 3. The van der Waals surface area contributed by atoms with Gasteiger partial charge in [0.15, 0.2) is 23.4 Å². The number of hydrogen-bond acceptors (Lipinski definition) is 4. The number of hydrogen-bond donors (Lipinski definition) is 3. The summed E-state index contributed by atoms with van der Waals surface area (Å²) in [6.45, 7) is 2.52. The number of halogens is 1. The second-order valence-corrected chi connectivity index (χ2v) is 6.22. The first kappa shape index (κ1) is 19.3. The summed E-state index contributed by atoms with van der Waals surface area (Å²) in [4.78, 5) is 8.41. The minimum absolute atomic E-state index is 0.132. The van der Waals surface area contributed by atoms with Crippen LogP contribution in [0.15, 0.2) is 53.8 Å². The number of ether oxygens (including phenoxy) is 1. The number of aliphatic imine (C=N–C) groups is 1. The molecule has 1 unspecified atom stereocenters. The van der Waals surface area contributed by atoms with Crippen molar-refractivity contribution in [3.8, 4) is 17.1 Å². The lowest BCUT2D eigenvalue weighted by molar-refractivity contribution is 0.386. The Morgan fingerprint density at radius 2 is 2.14 bits per heavy atom. The summed E-state index contributed by atoms with van der Waals surface area (Å²) in [5.74, 6) is 1.18. The molecule has 0 bridgehead atoms. The highest BCUT2D eigenvalue weighted by Gasteiger charge is 2.11. The van der Waals surface area contributed by atoms with Crippen LogP contribution in [0.2, 0.25) is 0 Å². The molecule has 1 aromatic heterocycles. The molecule has 0 saturated carbocycles. The van der Waals surface area contributed by atoms with Crippen molar-refractivity contribution in [3.63, 3.8) is 0 Å². The summed E-state index contributed by atoms with van der Waals surface area (Å²) in [6.07, 6.45) is 1.48. The molecule has 3 rings (SSSR count). The highest BCUT2D eigenvalue weighted by Crippen LogP contribution is 2.21. The maximum atomic E-state index is 13.9. The van der Waals surface area contributed by atoms with Gasteiger partial charge in [-0.05, 0) is 36.2 Å². The van der Waals surface area contributed by atoms with E-state index in [9.17, 15) is 4.39 Å². The minimum Gasteiger partial charge on any atom is -0.494 e. The minimum atomic E-state index is -0.388. The van der Waals surface area contributed by atoms with Crippen LogP contribution in [0.3, 0.4) is 0 Å². The molecule has 0 radical (unpaired) electrons. The van der Waals surface area contributed by atoms with Gasteiger partial charge in [-0.3, -0.25) is 10.1 Å². The van der Waals surface area contributed by atoms with Crippen molar-refractivity contribution in [2.45, 2.75) is 19.5 Å². The highest BCUT2D eigenvalue weighted by atomic mass is 19.1. The standard InChI is InChI=1S/C20H23FN6O/c1-13(15-7-8-18(28-3)17(21)10-15)26-20(22-2)23-11-14-5-4-6-16(9-14)19-24-12-25-27-19/h4-10,12-13H,11H2,1-3H3,(H2,22,23,26)(H,24,25,27). The van der Waals surface area contributed by atoms with Gasteiger partial charge in [0.2, 0.25) is 0 Å². The van der Waals surface area contributed by atoms with Gasteiger partial charge in [0.05, 0.1) is 13.2 Å². The molecule has 3 N–H and O–H groups in total. The van der Waals surface area contributed by atoms with Gasteiger partial charge in [-0.1, -0.05) is 24.3 Å². The van der Waals surface area contributed by atoms with Gasteiger partial charge >= 0.3 is 0 Å². The Morgan fingerprint density at radius 1 is 1.29 bits per heavy atom. The zero-order valence-corrected chi connectivity index (χ0v) is 16.0. The molecule has 0 saturated heterocycles. The predicted molar refractivity (Wildman–Crippen MR) is 107 cm³/mol. The third-order valence-electron chi connectivity index (χ3n) is 4.33. The fourth-order valence-electron chi connectivity index (χ4n) is 2.79. The number of aromatic amines is 1. The monoisotopic (exact) mass is 382 g/mol. The molecule has 0 aliphatic rings. The van der Waals surface area contributed by atoms with Crippen LogP contribution in [0.4, 0.5) is 4.39 Å². The summed E-state index contributed by atoms with van der Waals surface area (Å²) in [6, 6.07) is 12.8. The van der Waals surface area contributed by atoms with E-state index < -0.39 is 0 Å². The highest BCUT2D eigenvalue weighted by molar-refractivity contribution is 5.80. The van der Waals surface area contributed by atoms with E-state index in [4.69, 9.17) is 4.74 Å². The van der Waals surface area contributed by atoms with Gasteiger partial charge in [0, 0.05) is 19.2 Å². The van der Waals surface area contributed by atoms with Crippen LogP contribution in [0.5, 0.6) is 5.75 Å². The van der Waals surface area contributed by atoms with Crippen LogP contribution in [0.25, 0.3) is 11.4 Å². The number of methoxy groups -OCH3 is 1. The molecule has 0 aliphatic heterocycles. The second-order valence-electron chi connectivity index (χ2n) is 6.22. The van der Waals surface area contributed by atoms with Crippen LogP contribution in [-0.4, -0.2) is 35.3 Å². The van der Waals surface area contributed by atoms with E-state index in [1.54, 1.807) is 13.1 Å². The van der Waals surface area contributed by atoms with Crippen molar-refractivity contribution < 1.29 is 9.13 Å². The van der Waals surface area contributed by atoms with Crippen LogP contribution in [0.1, 0.15) is 24.1 Å². The lowest BCUT2D eigenvalue weighted by atomic mass is 10.1. The molecule has 0 amide bonds. The molecule has 7 nitrogen and oxygen atoms in total. The number of nitrogens with zero attached hydrogens (tertiary/aromatic N) is 3. The Kier molecular flexibility index (Phi) is 6.21. The van der Waals surface area contributed by atoms with Gasteiger partial charge in [-0.2, -0.15) is 5.10 Å². The molecule has 1 atom stereocenters. The van der Waals surface area contributed by atoms with Gasteiger partial charge < -0.3 is 15.4 Å². The van der Waals surface area contributed by atoms with Crippen molar-refractivity contribution in [1.82, 2.24) is 25.8 Å². The van der Waals surface area contributed by atoms with Crippen molar-refractivity contribution in [1.29, 1.82) is 0 Å². The van der Waals surface area contributed by atoms with E-state index in [2.05, 4.69) is 30.8 Å². The Labute approximate surface area is 163 Å². The van der Waals surface area contributed by atoms with Crippen LogP contribution in [0, 0.1) is 5.82 Å². The lowest BCUT2D eigenvalue weighted by Crippen LogP contribution is -2.38. The number of guanidine groups is 1. The number of H-pyrrole nitrogens is 1. The topological polar surface area (TPSA) is 87.2 Å². The smallest absolute Gasteiger partial charge is 0.191 e. The molecule has 146 valence electrons. The first-order valence-corrected chi connectivity index (χ1v) is 8.86. The zero-order valence-electron chi connectivity index (χ0n) is 16.0. The van der Waals surface area contributed by atoms with E-state index in [-0.39, 0.29) is 17.6 Å². The summed E-state index contributed by atoms with van der Waals surface area (Å²) in [5, 5.41) is 13.3. The Bertz CT molecular complexity index is 942. The molecule has 8 heteroatoms. The van der Waals surface area contributed by atoms with Crippen molar-refractivity contribution >= 4 is 5.96 Å². The fraction of sp³-hybridized carbons (Fsp3) is 0.250. The molecule has 0 aliphatic carbocycles. The quantitative estimate of drug-likeness (QED) is 0.451. The largest absolute Gasteiger partial charge is 0.494 e. The van der Waals surface area contributed by atoms with Crippen LogP contribution in [-0.2, 0) is 6.54 Å². The number of benzene rings is 2. The summed E-state index contributed by atoms with van der Waals surface area (Å²) in [7, 11) is 3.14. The van der Waals surface area contributed by atoms with E-state index in [1.165, 1.54) is 19.5 Å². The average Bonchev–Trinajstić information content (AvgIpc) is 3.26. The molecule has 0 spiro atoms. The van der Waals surface area contributed by atoms with Gasteiger partial charge in [0.1, 0.15) is 6.33 Å². The number of rotatable bonds is 6. The Hall–Kier alpha value is -3.42. The molecule has 2 aromatic carbocycles. The third-order valence-corrected chi connectivity index (χ3v) is 4.33. The normalized spacial score (nSPS) is 12.5. The van der Waals surface area contributed by atoms with E-state index in [1.807, 2.05) is 37.3 Å². The van der Waals surface area contributed by atoms with E-state index in [0.717, 1.165) is 22.5 Å². The molecule has 3 aromatic rings. The lowest BCUT2D eigenvalue weighted by Gasteiger charge is -2.19. The van der Waals surface area contributed by atoms with E-state index in [0.29, 0.717) is 12.5 Å². The Morgan fingerprint density at radius 3 is 2.82 bits per heavy atom. The summed E-state index contributed by atoms with van der Waals surface area (Å²) >= 11 is 0. The predicted octanol–water partition coefficient (Wildman–Crippen LogP) is 3.05. The van der Waals surface area contributed by atoms with Crippen molar-refractivity contribution in [3.05, 3.63) is 65.7 Å². The molecule has 1 heterocycles. The Balaban J connectivity index is 1.62. The number of aromatic nitrogens is 3. The summed E-state index contributed by atoms with van der Waals surface area (Å²) in [5.41, 5.74) is 2.83. The second kappa shape index (κ2) is 8.98. The molecular formula is C20H23FN6O. The summed E-state index contributed by atoms with van der Waals surface area (Å²) < 4.78 is 18.9. The van der Waals surface area contributed by atoms with Gasteiger partial charge in [-0.15, -0.1) is 0 Å². The average molecular weight is 382 g/mol. The first-order chi connectivity index (χ1) is 13.6. The molecule has 28 heavy (non-hydrogen) atoms. The zero-order chi connectivity index (χ0) is 19.9. The SMILES string of the molecule is CN=C(NCc1cccc(-c2ncn[nH]2)c1)NC(C)c1ccc(OC)c(F)c1. The van der Waals surface area contributed by atoms with E-state index >= 15 is 0 Å². The van der Waals surface area contributed by atoms with Crippen LogP contribution < -0.4 is 15.4 Å². The van der Waals surface area contributed by atoms with Crippen molar-refractivity contribution in [2.75, 3.05) is 14.2 Å². The van der Waals surface area contributed by atoms with Gasteiger partial charge in [0.25, 0.3) is 0 Å². The van der Waals surface area contributed by atoms with Crippen molar-refractivity contribution in [2.24, 2.45) is 4.99 Å². The maximum Gasteiger partial charge on any atom is 0.191 e. The third kappa shape index (κ3) is 4.64. The van der Waals surface area contributed by atoms with Crippen LogP contribution >= 0.6 is 0 Å². The first-order valence-electron chi connectivity index (χ1n) is 8.86. The fourth-order valence-corrected chi connectivity index (χ4v) is 2.79. The van der Waals surface area contributed by atoms with Gasteiger partial charge in [-0.25, -0.2) is 9.37 Å².